The summed E-state index contributed by atoms with van der Waals surface area (Å²) in [6.45, 7) is 4.56. The van der Waals surface area contributed by atoms with Gasteiger partial charge >= 0.3 is 0 Å². The Kier molecular flexibility index (Phi) is 7.21. The highest BCUT2D eigenvalue weighted by Gasteiger charge is 2.29. The van der Waals surface area contributed by atoms with E-state index in [1.165, 1.54) is 24.3 Å². The number of amides is 1. The average Bonchev–Trinajstić information content (AvgIpc) is 2.88. The van der Waals surface area contributed by atoms with E-state index in [1.54, 1.807) is 0 Å². The summed E-state index contributed by atoms with van der Waals surface area (Å²) in [5, 5.41) is 3.22. The van der Waals surface area contributed by atoms with Crippen molar-refractivity contribution in [3.63, 3.8) is 0 Å². The van der Waals surface area contributed by atoms with Crippen molar-refractivity contribution in [3.05, 3.63) is 29.3 Å². The molecular formula is C16H25ClN4O3S. The zero-order valence-electron chi connectivity index (χ0n) is 14.4. The van der Waals surface area contributed by atoms with Crippen LogP contribution in [0.4, 0.5) is 0 Å². The lowest BCUT2D eigenvalue weighted by Gasteiger charge is -2.17. The number of rotatable bonds is 8. The Hall–Kier alpha value is -1.19. The van der Waals surface area contributed by atoms with Gasteiger partial charge in [-0.05, 0) is 50.5 Å². The maximum absolute atomic E-state index is 12.1. The number of hydrazine groups is 1. The van der Waals surface area contributed by atoms with Crippen LogP contribution in [0, 0.1) is 5.92 Å². The second kappa shape index (κ2) is 8.95. The first-order valence-electron chi connectivity index (χ1n) is 8.32. The van der Waals surface area contributed by atoms with Crippen LogP contribution in [-0.4, -0.2) is 39.5 Å². The fourth-order valence-electron chi connectivity index (χ4n) is 2.88. The zero-order valence-corrected chi connectivity index (χ0v) is 16.0. The summed E-state index contributed by atoms with van der Waals surface area (Å²) in [6, 6.07) is 6.58. The molecule has 1 fully saturated rings. The predicted molar refractivity (Wildman–Crippen MR) is 97.6 cm³/mol. The van der Waals surface area contributed by atoms with Gasteiger partial charge in [0.1, 0.15) is 0 Å². The molecule has 0 aliphatic carbocycles. The maximum atomic E-state index is 12.1. The summed E-state index contributed by atoms with van der Waals surface area (Å²) in [5.74, 6) is 0.325. The fraction of sp³-hybridized carbons (Fsp3) is 0.562. The second-order valence-electron chi connectivity index (χ2n) is 6.27. The van der Waals surface area contributed by atoms with Crippen molar-refractivity contribution >= 4 is 27.5 Å². The van der Waals surface area contributed by atoms with E-state index in [1.807, 2.05) is 0 Å². The van der Waals surface area contributed by atoms with Gasteiger partial charge < -0.3 is 5.32 Å². The fourth-order valence-corrected chi connectivity index (χ4v) is 4.04. The number of carbonyl (C=O) groups is 1. The third-order valence-electron chi connectivity index (χ3n) is 4.39. The van der Waals surface area contributed by atoms with Gasteiger partial charge in [-0.25, -0.2) is 13.1 Å². The van der Waals surface area contributed by atoms with Crippen molar-refractivity contribution < 1.29 is 13.2 Å². The van der Waals surface area contributed by atoms with Gasteiger partial charge in [0.15, 0.2) is 0 Å². The molecule has 0 aromatic heterocycles. The van der Waals surface area contributed by atoms with Crippen LogP contribution < -0.4 is 20.9 Å². The first kappa shape index (κ1) is 20.1. The van der Waals surface area contributed by atoms with Gasteiger partial charge in [0.05, 0.1) is 4.90 Å². The number of benzene rings is 1. The molecule has 2 atom stereocenters. The number of nitrogens with one attached hydrogen (secondary N) is 4. The Morgan fingerprint density at radius 1 is 1.12 bits per heavy atom. The molecule has 1 amide bonds. The van der Waals surface area contributed by atoms with Crippen molar-refractivity contribution in [2.45, 2.75) is 43.7 Å². The van der Waals surface area contributed by atoms with Crippen LogP contribution in [0.1, 0.15) is 26.7 Å². The van der Waals surface area contributed by atoms with E-state index >= 15 is 0 Å². The average molecular weight is 389 g/mol. The SMILES string of the molecule is CC1NNC(C)C1CCC(=O)NCCNS(=O)(=O)c1ccc(Cl)cc1. The van der Waals surface area contributed by atoms with E-state index in [0.717, 1.165) is 6.42 Å². The van der Waals surface area contributed by atoms with Gasteiger partial charge in [0, 0.05) is 36.6 Å². The summed E-state index contributed by atoms with van der Waals surface area (Å²) >= 11 is 5.75. The van der Waals surface area contributed by atoms with Crippen LogP contribution in [0.5, 0.6) is 0 Å². The lowest BCUT2D eigenvalue weighted by atomic mass is 9.91. The van der Waals surface area contributed by atoms with Crippen molar-refractivity contribution in [1.29, 1.82) is 0 Å². The molecule has 0 bridgehead atoms. The van der Waals surface area contributed by atoms with Crippen LogP contribution in [0.3, 0.4) is 0 Å². The summed E-state index contributed by atoms with van der Waals surface area (Å²) < 4.78 is 26.6. The number of sulfonamides is 1. The van der Waals surface area contributed by atoms with Gasteiger partial charge in [-0.2, -0.15) is 0 Å². The third-order valence-corrected chi connectivity index (χ3v) is 6.12. The van der Waals surface area contributed by atoms with Gasteiger partial charge in [-0.3, -0.25) is 15.6 Å². The topological polar surface area (TPSA) is 99.3 Å². The quantitative estimate of drug-likeness (QED) is 0.498. The molecule has 140 valence electrons. The van der Waals surface area contributed by atoms with E-state index in [0.29, 0.717) is 29.4 Å². The molecule has 7 nitrogen and oxygen atoms in total. The number of carbonyl (C=O) groups excluding carboxylic acids is 1. The highest BCUT2D eigenvalue weighted by molar-refractivity contribution is 7.89. The minimum Gasteiger partial charge on any atom is -0.355 e. The zero-order chi connectivity index (χ0) is 18.4. The number of hydrogen-bond acceptors (Lipinski definition) is 5. The van der Waals surface area contributed by atoms with Gasteiger partial charge in [-0.15, -0.1) is 0 Å². The summed E-state index contributed by atoms with van der Waals surface area (Å²) in [5.41, 5.74) is 6.33. The molecule has 25 heavy (non-hydrogen) atoms. The standard InChI is InChI=1S/C16H25ClN4O3S/c1-11-15(12(2)21-20-11)7-8-16(22)18-9-10-19-25(23,24)14-5-3-13(17)4-6-14/h3-6,11-12,15,19-21H,7-10H2,1-2H3,(H,18,22). The first-order valence-corrected chi connectivity index (χ1v) is 10.2. The lowest BCUT2D eigenvalue weighted by molar-refractivity contribution is -0.121. The molecule has 1 heterocycles. The Morgan fingerprint density at radius 2 is 1.72 bits per heavy atom. The van der Waals surface area contributed by atoms with Crippen LogP contribution in [0.2, 0.25) is 5.02 Å². The van der Waals surface area contributed by atoms with Crippen molar-refractivity contribution in [3.8, 4) is 0 Å². The Bertz CT molecular complexity index is 671. The maximum Gasteiger partial charge on any atom is 0.240 e. The smallest absolute Gasteiger partial charge is 0.240 e. The van der Waals surface area contributed by atoms with Crippen LogP contribution >= 0.6 is 11.6 Å². The van der Waals surface area contributed by atoms with Gasteiger partial charge in [0.2, 0.25) is 15.9 Å². The summed E-state index contributed by atoms with van der Waals surface area (Å²) in [4.78, 5) is 12.0. The molecule has 1 aliphatic heterocycles. The number of halogens is 1. The van der Waals surface area contributed by atoms with Gasteiger partial charge in [0.25, 0.3) is 0 Å². The molecule has 1 aromatic carbocycles. The molecular weight excluding hydrogens is 364 g/mol. The highest BCUT2D eigenvalue weighted by Crippen LogP contribution is 2.19. The predicted octanol–water partition coefficient (Wildman–Crippen LogP) is 1.02. The van der Waals surface area contributed by atoms with E-state index < -0.39 is 10.0 Å². The Labute approximate surface area is 153 Å². The minimum absolute atomic E-state index is 0.0722. The van der Waals surface area contributed by atoms with Crippen molar-refractivity contribution in [2.24, 2.45) is 5.92 Å². The van der Waals surface area contributed by atoms with E-state index in [9.17, 15) is 13.2 Å². The van der Waals surface area contributed by atoms with E-state index in [4.69, 9.17) is 11.6 Å². The molecule has 0 spiro atoms. The lowest BCUT2D eigenvalue weighted by Crippen LogP contribution is -2.35. The van der Waals surface area contributed by atoms with Crippen molar-refractivity contribution in [1.82, 2.24) is 20.9 Å². The molecule has 0 saturated carbocycles. The molecule has 1 aliphatic rings. The Balaban J connectivity index is 1.68. The van der Waals surface area contributed by atoms with Crippen LogP contribution in [0.15, 0.2) is 29.2 Å². The molecule has 0 radical (unpaired) electrons. The molecule has 4 N–H and O–H groups in total. The number of hydrogen-bond donors (Lipinski definition) is 4. The molecule has 9 heteroatoms. The minimum atomic E-state index is -3.59. The largest absolute Gasteiger partial charge is 0.355 e. The molecule has 2 unspecified atom stereocenters. The van der Waals surface area contributed by atoms with E-state index in [2.05, 4.69) is 34.7 Å². The van der Waals surface area contributed by atoms with Crippen LogP contribution in [-0.2, 0) is 14.8 Å². The summed E-state index contributed by atoms with van der Waals surface area (Å²) in [7, 11) is -3.59. The third kappa shape index (κ3) is 5.93. The van der Waals surface area contributed by atoms with Crippen LogP contribution in [0.25, 0.3) is 0 Å². The first-order chi connectivity index (χ1) is 11.8. The Morgan fingerprint density at radius 3 is 2.32 bits per heavy atom. The second-order valence-corrected chi connectivity index (χ2v) is 8.47. The molecule has 1 saturated heterocycles. The van der Waals surface area contributed by atoms with Crippen molar-refractivity contribution in [2.75, 3.05) is 13.1 Å². The molecule has 1 aromatic rings. The van der Waals surface area contributed by atoms with E-state index in [-0.39, 0.29) is 23.9 Å². The normalized spacial score (nSPS) is 23.6. The van der Waals surface area contributed by atoms with Gasteiger partial charge in [-0.1, -0.05) is 11.6 Å². The monoisotopic (exact) mass is 388 g/mol. The highest BCUT2D eigenvalue weighted by atomic mass is 35.5. The summed E-state index contributed by atoms with van der Waals surface area (Å²) in [6.07, 6.45) is 1.21. The molecule has 2 rings (SSSR count).